The highest BCUT2D eigenvalue weighted by molar-refractivity contribution is 5.41. The molecule has 1 aromatic rings. The fourth-order valence-electron chi connectivity index (χ4n) is 1.38. The maximum Gasteiger partial charge on any atom is 0.272 e. The molecule has 1 aromatic carbocycles. The molecular weight excluding hydrogens is 190 g/mol. The van der Waals surface area contributed by atoms with Crippen molar-refractivity contribution < 1.29 is 4.74 Å². The van der Waals surface area contributed by atoms with E-state index in [0.717, 1.165) is 5.56 Å². The summed E-state index contributed by atoms with van der Waals surface area (Å²) in [5.74, 6) is 0. The van der Waals surface area contributed by atoms with Crippen LogP contribution in [0.25, 0.3) is 0 Å². The van der Waals surface area contributed by atoms with Gasteiger partial charge in [-0.1, -0.05) is 12.1 Å². The van der Waals surface area contributed by atoms with Crippen LogP contribution in [0.5, 0.6) is 0 Å². The van der Waals surface area contributed by atoms with E-state index in [4.69, 9.17) is 20.5 Å². The van der Waals surface area contributed by atoms with Gasteiger partial charge >= 0.3 is 0 Å². The number of epoxide rings is 1. The number of nitriles is 3. The van der Waals surface area contributed by atoms with E-state index in [2.05, 4.69) is 0 Å². The number of ether oxygens (including phenoxy) is 1. The summed E-state index contributed by atoms with van der Waals surface area (Å²) in [6, 6.07) is 12.3. The zero-order valence-corrected chi connectivity index (χ0v) is 7.64. The summed E-state index contributed by atoms with van der Waals surface area (Å²) < 4.78 is 5.06. The van der Waals surface area contributed by atoms with Crippen LogP contribution in [0.3, 0.4) is 0 Å². The molecular formula is C11H5N3O. The molecule has 0 saturated carbocycles. The van der Waals surface area contributed by atoms with Gasteiger partial charge in [-0.15, -0.1) is 0 Å². The molecule has 1 heterocycles. The van der Waals surface area contributed by atoms with Gasteiger partial charge in [-0.2, -0.15) is 15.8 Å². The van der Waals surface area contributed by atoms with Crippen molar-refractivity contribution in [2.75, 3.05) is 0 Å². The van der Waals surface area contributed by atoms with Crippen LogP contribution in [0.4, 0.5) is 0 Å². The van der Waals surface area contributed by atoms with Crippen LogP contribution in [0.1, 0.15) is 17.2 Å². The molecule has 2 rings (SSSR count). The fraction of sp³-hybridized carbons (Fsp3) is 0.182. The number of hydrogen-bond acceptors (Lipinski definition) is 4. The molecule has 0 spiro atoms. The molecule has 1 aliphatic heterocycles. The van der Waals surface area contributed by atoms with E-state index >= 15 is 0 Å². The molecule has 4 heteroatoms. The number of rotatable bonds is 1. The molecule has 15 heavy (non-hydrogen) atoms. The Morgan fingerprint density at radius 3 is 2.07 bits per heavy atom. The summed E-state index contributed by atoms with van der Waals surface area (Å²) in [5.41, 5.74) is -0.0373. The van der Waals surface area contributed by atoms with Gasteiger partial charge in [0.1, 0.15) is 18.2 Å². The topological polar surface area (TPSA) is 83.9 Å². The minimum absolute atomic E-state index is 0.486. The first-order chi connectivity index (χ1) is 7.25. The predicted octanol–water partition coefficient (Wildman–Crippen LogP) is 1.42. The van der Waals surface area contributed by atoms with Gasteiger partial charge in [-0.05, 0) is 17.7 Å². The molecule has 0 bridgehead atoms. The van der Waals surface area contributed by atoms with E-state index in [1.807, 2.05) is 18.2 Å². The SMILES string of the molecule is N#Cc1ccc(C2OC2(C#N)C#N)cc1. The predicted molar refractivity (Wildman–Crippen MR) is 48.9 cm³/mol. The molecule has 0 aromatic heterocycles. The van der Waals surface area contributed by atoms with Gasteiger partial charge in [-0.3, -0.25) is 0 Å². The van der Waals surface area contributed by atoms with Crippen molar-refractivity contribution in [2.24, 2.45) is 0 Å². The van der Waals surface area contributed by atoms with Crippen LogP contribution >= 0.6 is 0 Å². The average Bonchev–Trinajstić information content (AvgIpc) is 3.05. The van der Waals surface area contributed by atoms with Gasteiger partial charge in [0.05, 0.1) is 11.6 Å². The van der Waals surface area contributed by atoms with Gasteiger partial charge in [0.25, 0.3) is 5.60 Å². The highest BCUT2D eigenvalue weighted by atomic mass is 16.6. The minimum Gasteiger partial charge on any atom is -0.332 e. The second kappa shape index (κ2) is 3.10. The zero-order chi connectivity index (χ0) is 10.9. The Labute approximate surface area is 86.5 Å². The molecule has 1 atom stereocenters. The van der Waals surface area contributed by atoms with E-state index in [9.17, 15) is 0 Å². The highest BCUT2D eigenvalue weighted by Gasteiger charge is 2.59. The Hall–Kier alpha value is -2.35. The first kappa shape index (κ1) is 9.21. The summed E-state index contributed by atoms with van der Waals surface area (Å²) in [6.45, 7) is 0. The van der Waals surface area contributed by atoms with Crippen LogP contribution in [-0.4, -0.2) is 5.60 Å². The number of benzene rings is 1. The molecule has 1 aliphatic rings. The van der Waals surface area contributed by atoms with Crippen molar-refractivity contribution in [3.63, 3.8) is 0 Å². The first-order valence-corrected chi connectivity index (χ1v) is 4.26. The van der Waals surface area contributed by atoms with Crippen molar-refractivity contribution in [1.29, 1.82) is 15.8 Å². The third-order valence-electron chi connectivity index (χ3n) is 2.29. The van der Waals surface area contributed by atoms with Gasteiger partial charge in [0.2, 0.25) is 0 Å². The largest absolute Gasteiger partial charge is 0.332 e. The number of hydrogen-bond donors (Lipinski definition) is 0. The lowest BCUT2D eigenvalue weighted by atomic mass is 10.0. The summed E-state index contributed by atoms with van der Waals surface area (Å²) >= 11 is 0. The smallest absolute Gasteiger partial charge is 0.272 e. The van der Waals surface area contributed by atoms with E-state index in [1.165, 1.54) is 0 Å². The van der Waals surface area contributed by atoms with E-state index in [1.54, 1.807) is 24.3 Å². The Morgan fingerprint density at radius 2 is 1.67 bits per heavy atom. The number of nitrogens with zero attached hydrogens (tertiary/aromatic N) is 3. The Morgan fingerprint density at radius 1 is 1.07 bits per heavy atom. The van der Waals surface area contributed by atoms with Gasteiger partial charge in [-0.25, -0.2) is 0 Å². The lowest BCUT2D eigenvalue weighted by Crippen LogP contribution is -2.04. The molecule has 1 fully saturated rings. The van der Waals surface area contributed by atoms with Crippen molar-refractivity contribution in [2.45, 2.75) is 11.7 Å². The second-order valence-corrected chi connectivity index (χ2v) is 3.19. The monoisotopic (exact) mass is 195 g/mol. The molecule has 0 aliphatic carbocycles. The van der Waals surface area contributed by atoms with Crippen LogP contribution in [0, 0.1) is 34.0 Å². The molecule has 1 saturated heterocycles. The normalized spacial score (nSPS) is 20.7. The van der Waals surface area contributed by atoms with Gasteiger partial charge < -0.3 is 4.74 Å². The third-order valence-corrected chi connectivity index (χ3v) is 2.29. The summed E-state index contributed by atoms with van der Waals surface area (Å²) in [4.78, 5) is 0. The molecule has 70 valence electrons. The van der Waals surface area contributed by atoms with Crippen molar-refractivity contribution in [3.05, 3.63) is 35.4 Å². The van der Waals surface area contributed by atoms with Crippen LogP contribution in [-0.2, 0) is 4.74 Å². The molecule has 0 amide bonds. The quantitative estimate of drug-likeness (QED) is 0.634. The highest BCUT2D eigenvalue weighted by Crippen LogP contribution is 2.48. The van der Waals surface area contributed by atoms with Crippen LogP contribution in [0.15, 0.2) is 24.3 Å². The Bertz CT molecular complexity index is 499. The standard InChI is InChI=1S/C11H5N3O/c12-5-8-1-3-9(4-2-8)10-11(6-13,7-14)15-10/h1-4,10H. The molecule has 0 N–H and O–H groups in total. The molecule has 0 radical (unpaired) electrons. The van der Waals surface area contributed by atoms with Crippen molar-refractivity contribution in [1.82, 2.24) is 0 Å². The second-order valence-electron chi connectivity index (χ2n) is 3.19. The Kier molecular flexibility index (Phi) is 1.90. The average molecular weight is 195 g/mol. The Balaban J connectivity index is 2.26. The van der Waals surface area contributed by atoms with E-state index in [-0.39, 0.29) is 0 Å². The summed E-state index contributed by atoms with van der Waals surface area (Å²) in [5, 5.41) is 26.1. The van der Waals surface area contributed by atoms with E-state index in [0.29, 0.717) is 5.56 Å². The van der Waals surface area contributed by atoms with Crippen LogP contribution in [0.2, 0.25) is 0 Å². The first-order valence-electron chi connectivity index (χ1n) is 4.26. The minimum atomic E-state index is -1.33. The third kappa shape index (κ3) is 1.32. The fourth-order valence-corrected chi connectivity index (χ4v) is 1.38. The maximum absolute atomic E-state index is 8.74. The van der Waals surface area contributed by atoms with Gasteiger partial charge in [0.15, 0.2) is 0 Å². The molecule has 1 unspecified atom stereocenters. The lowest BCUT2D eigenvalue weighted by Gasteiger charge is -1.94. The molecule has 4 nitrogen and oxygen atoms in total. The lowest BCUT2D eigenvalue weighted by molar-refractivity contribution is 0.369. The summed E-state index contributed by atoms with van der Waals surface area (Å²) in [6.07, 6.45) is -0.486. The maximum atomic E-state index is 8.74. The summed E-state index contributed by atoms with van der Waals surface area (Å²) in [7, 11) is 0. The van der Waals surface area contributed by atoms with Crippen LogP contribution < -0.4 is 0 Å². The van der Waals surface area contributed by atoms with Crippen molar-refractivity contribution in [3.8, 4) is 18.2 Å². The van der Waals surface area contributed by atoms with Gasteiger partial charge in [0, 0.05) is 0 Å². The van der Waals surface area contributed by atoms with Crippen molar-refractivity contribution >= 4 is 0 Å². The van der Waals surface area contributed by atoms with E-state index < -0.39 is 11.7 Å². The zero-order valence-electron chi connectivity index (χ0n) is 7.64.